The standard InChI is InChI=1S/C9H15N3O2S2/c1-4-12(5-2)9(13)15-7-10-8(14-6-3)16-11-7/h4-6H2,1-3H3. The molecular weight excluding hydrogens is 246 g/mol. The maximum Gasteiger partial charge on any atom is 0.293 e. The van der Waals surface area contributed by atoms with E-state index >= 15 is 0 Å². The molecule has 0 aliphatic carbocycles. The van der Waals surface area contributed by atoms with Crippen LogP contribution in [0.25, 0.3) is 0 Å². The molecule has 0 fully saturated rings. The first kappa shape index (κ1) is 13.2. The molecule has 0 spiro atoms. The summed E-state index contributed by atoms with van der Waals surface area (Å²) in [6.07, 6.45) is 0. The molecule has 7 heteroatoms. The summed E-state index contributed by atoms with van der Waals surface area (Å²) in [5.41, 5.74) is 0. The van der Waals surface area contributed by atoms with Gasteiger partial charge >= 0.3 is 0 Å². The van der Waals surface area contributed by atoms with Crippen LogP contribution in [0.5, 0.6) is 5.19 Å². The summed E-state index contributed by atoms with van der Waals surface area (Å²) < 4.78 is 9.23. The highest BCUT2D eigenvalue weighted by Crippen LogP contribution is 2.23. The van der Waals surface area contributed by atoms with Crippen LogP contribution in [0.4, 0.5) is 4.79 Å². The first-order valence-electron chi connectivity index (χ1n) is 5.14. The molecule has 0 saturated heterocycles. The van der Waals surface area contributed by atoms with Gasteiger partial charge in [0.25, 0.3) is 10.4 Å². The Labute approximate surface area is 103 Å². The molecule has 0 radical (unpaired) electrons. The largest absolute Gasteiger partial charge is 0.469 e. The Morgan fingerprint density at radius 2 is 2.12 bits per heavy atom. The summed E-state index contributed by atoms with van der Waals surface area (Å²) in [4.78, 5) is 17.5. The van der Waals surface area contributed by atoms with E-state index in [1.807, 2.05) is 20.8 Å². The average Bonchev–Trinajstić information content (AvgIpc) is 2.68. The molecule has 1 heterocycles. The fraction of sp³-hybridized carbons (Fsp3) is 0.667. The number of ether oxygens (including phenoxy) is 1. The fourth-order valence-electron chi connectivity index (χ4n) is 1.05. The Hall–Kier alpha value is -0.820. The second-order valence-electron chi connectivity index (χ2n) is 2.82. The summed E-state index contributed by atoms with van der Waals surface area (Å²) in [6.45, 7) is 7.73. The summed E-state index contributed by atoms with van der Waals surface area (Å²) >= 11 is 2.21. The van der Waals surface area contributed by atoms with E-state index in [4.69, 9.17) is 4.74 Å². The molecule has 5 nitrogen and oxygen atoms in total. The van der Waals surface area contributed by atoms with E-state index in [-0.39, 0.29) is 5.24 Å². The number of carbonyl (C=O) groups excluding carboxylic acids is 1. The van der Waals surface area contributed by atoms with Crippen LogP contribution in [0.15, 0.2) is 5.16 Å². The third-order valence-corrected chi connectivity index (χ3v) is 3.40. The molecule has 1 amide bonds. The highest BCUT2D eigenvalue weighted by molar-refractivity contribution is 8.13. The van der Waals surface area contributed by atoms with Crippen molar-refractivity contribution in [2.45, 2.75) is 25.9 Å². The quantitative estimate of drug-likeness (QED) is 0.762. The zero-order chi connectivity index (χ0) is 12.0. The van der Waals surface area contributed by atoms with Crippen LogP contribution in [0.3, 0.4) is 0 Å². The number of aromatic nitrogens is 2. The molecule has 0 bridgehead atoms. The van der Waals surface area contributed by atoms with Gasteiger partial charge in [0, 0.05) is 36.4 Å². The van der Waals surface area contributed by atoms with Gasteiger partial charge in [0.2, 0.25) is 5.16 Å². The first-order valence-corrected chi connectivity index (χ1v) is 6.73. The van der Waals surface area contributed by atoms with E-state index < -0.39 is 0 Å². The molecule has 0 saturated carbocycles. The number of hydrogen-bond donors (Lipinski definition) is 0. The van der Waals surface area contributed by atoms with Crippen molar-refractivity contribution in [2.75, 3.05) is 19.7 Å². The van der Waals surface area contributed by atoms with Gasteiger partial charge in [0.05, 0.1) is 6.61 Å². The van der Waals surface area contributed by atoms with Gasteiger partial charge in [-0.2, -0.15) is 9.36 Å². The van der Waals surface area contributed by atoms with E-state index in [1.165, 1.54) is 11.5 Å². The molecule has 0 aliphatic rings. The van der Waals surface area contributed by atoms with Crippen LogP contribution >= 0.6 is 23.3 Å². The summed E-state index contributed by atoms with van der Waals surface area (Å²) in [7, 11) is 0. The third-order valence-electron chi connectivity index (χ3n) is 1.86. The first-order chi connectivity index (χ1) is 7.71. The lowest BCUT2D eigenvalue weighted by atomic mass is 10.6. The molecule has 0 atom stereocenters. The van der Waals surface area contributed by atoms with Crippen LogP contribution in [0.1, 0.15) is 20.8 Å². The predicted octanol–water partition coefficient (Wildman–Crippen LogP) is 2.49. The molecule has 0 aliphatic heterocycles. The Bertz CT molecular complexity index is 339. The number of nitrogens with zero attached hydrogens (tertiary/aromatic N) is 3. The zero-order valence-corrected chi connectivity index (χ0v) is 11.2. The average molecular weight is 261 g/mol. The van der Waals surface area contributed by atoms with Gasteiger partial charge in [-0.3, -0.25) is 4.79 Å². The van der Waals surface area contributed by atoms with Gasteiger partial charge in [-0.1, -0.05) is 0 Å². The van der Waals surface area contributed by atoms with Crippen molar-refractivity contribution in [1.82, 2.24) is 14.3 Å². The summed E-state index contributed by atoms with van der Waals surface area (Å²) in [6, 6.07) is 0. The molecule has 1 rings (SSSR count). The van der Waals surface area contributed by atoms with Crippen molar-refractivity contribution in [3.63, 3.8) is 0 Å². The number of hydrogen-bond acceptors (Lipinski definition) is 6. The summed E-state index contributed by atoms with van der Waals surface area (Å²) in [5, 5.41) is 0.952. The maximum atomic E-state index is 11.7. The van der Waals surface area contributed by atoms with Crippen LogP contribution in [-0.2, 0) is 0 Å². The van der Waals surface area contributed by atoms with Crippen LogP contribution in [0, 0.1) is 0 Å². The van der Waals surface area contributed by atoms with Crippen molar-refractivity contribution in [3.8, 4) is 5.19 Å². The topological polar surface area (TPSA) is 55.3 Å². The van der Waals surface area contributed by atoms with Gasteiger partial charge < -0.3 is 9.64 Å². The second kappa shape index (κ2) is 6.70. The monoisotopic (exact) mass is 261 g/mol. The summed E-state index contributed by atoms with van der Waals surface area (Å²) in [5.74, 6) is 0. The van der Waals surface area contributed by atoms with Gasteiger partial charge in [0.15, 0.2) is 0 Å². The molecular formula is C9H15N3O2S2. The molecule has 1 aromatic heterocycles. The van der Waals surface area contributed by atoms with Crippen molar-refractivity contribution < 1.29 is 9.53 Å². The maximum absolute atomic E-state index is 11.7. The molecule has 0 aromatic carbocycles. The van der Waals surface area contributed by atoms with E-state index in [0.717, 1.165) is 11.8 Å². The van der Waals surface area contributed by atoms with Gasteiger partial charge in [-0.25, -0.2) is 0 Å². The minimum Gasteiger partial charge on any atom is -0.469 e. The fourth-order valence-corrected chi connectivity index (χ4v) is 2.53. The van der Waals surface area contributed by atoms with Crippen LogP contribution < -0.4 is 4.74 Å². The van der Waals surface area contributed by atoms with E-state index in [0.29, 0.717) is 30.0 Å². The van der Waals surface area contributed by atoms with E-state index in [1.54, 1.807) is 4.90 Å². The van der Waals surface area contributed by atoms with E-state index in [9.17, 15) is 4.79 Å². The third kappa shape index (κ3) is 3.64. The zero-order valence-electron chi connectivity index (χ0n) is 9.60. The smallest absolute Gasteiger partial charge is 0.293 e. The molecule has 0 unspecified atom stereocenters. The molecule has 0 N–H and O–H groups in total. The lowest BCUT2D eigenvalue weighted by Gasteiger charge is -2.16. The number of amides is 1. The van der Waals surface area contributed by atoms with Crippen molar-refractivity contribution in [1.29, 1.82) is 0 Å². The molecule has 1 aromatic rings. The lowest BCUT2D eigenvalue weighted by molar-refractivity contribution is 0.228. The van der Waals surface area contributed by atoms with Crippen molar-refractivity contribution in [2.24, 2.45) is 0 Å². The minimum absolute atomic E-state index is 0.0224. The van der Waals surface area contributed by atoms with E-state index in [2.05, 4.69) is 9.36 Å². The molecule has 16 heavy (non-hydrogen) atoms. The minimum atomic E-state index is -0.0224. The lowest BCUT2D eigenvalue weighted by Crippen LogP contribution is -2.26. The highest BCUT2D eigenvalue weighted by Gasteiger charge is 2.15. The number of thioether (sulfide) groups is 1. The van der Waals surface area contributed by atoms with Crippen molar-refractivity contribution in [3.05, 3.63) is 0 Å². The van der Waals surface area contributed by atoms with Gasteiger partial charge in [0.1, 0.15) is 0 Å². The Morgan fingerprint density at radius 1 is 1.44 bits per heavy atom. The Balaban J connectivity index is 2.55. The van der Waals surface area contributed by atoms with Crippen molar-refractivity contribution >= 4 is 28.5 Å². The number of rotatable bonds is 5. The SMILES string of the molecule is CCOc1nc(SC(=O)N(CC)CC)ns1. The van der Waals surface area contributed by atoms with Crippen LogP contribution in [-0.4, -0.2) is 39.2 Å². The van der Waals surface area contributed by atoms with Gasteiger partial charge in [-0.05, 0) is 20.8 Å². The van der Waals surface area contributed by atoms with Gasteiger partial charge in [-0.15, -0.1) is 0 Å². The number of carbonyl (C=O) groups is 1. The normalized spacial score (nSPS) is 10.2. The predicted molar refractivity (Wildman–Crippen MR) is 65.3 cm³/mol. The highest BCUT2D eigenvalue weighted by atomic mass is 32.2. The molecule has 90 valence electrons. The second-order valence-corrected chi connectivity index (χ2v) is 4.45. The Kier molecular flexibility index (Phi) is 5.54. The Morgan fingerprint density at radius 3 is 2.69 bits per heavy atom. The van der Waals surface area contributed by atoms with Crippen LogP contribution in [0.2, 0.25) is 0 Å².